The lowest BCUT2D eigenvalue weighted by atomic mass is 9.88. The standard InChI is InChI=1S/C12H14.C9H17N/c1-9-7-11-5-3-4-6-12(11)8-10(9)2;1-3-9-6-5-7-10(4-2)8-9/h3-6H,7-8H2,1-2H3;6H,3-5,7-8H2,1-2H3. The van der Waals surface area contributed by atoms with E-state index in [4.69, 9.17) is 0 Å². The highest BCUT2D eigenvalue weighted by Gasteiger charge is 2.10. The molecular weight excluding hydrogens is 266 g/mol. The maximum Gasteiger partial charge on any atom is 0.0192 e. The normalized spacial score (nSPS) is 18.3. The number of likely N-dealkylation sites (N-methyl/N-ethyl adjacent to an activating group) is 1. The summed E-state index contributed by atoms with van der Waals surface area (Å²) in [5, 5.41) is 0. The maximum absolute atomic E-state index is 2.50. The average molecular weight is 297 g/mol. The van der Waals surface area contributed by atoms with Gasteiger partial charge in [0.2, 0.25) is 0 Å². The number of benzene rings is 1. The van der Waals surface area contributed by atoms with Crippen molar-refractivity contribution in [3.63, 3.8) is 0 Å². The largest absolute Gasteiger partial charge is 0.299 e. The van der Waals surface area contributed by atoms with Gasteiger partial charge in [0.25, 0.3) is 0 Å². The molecule has 22 heavy (non-hydrogen) atoms. The molecule has 0 bridgehead atoms. The molecule has 2 aliphatic rings. The van der Waals surface area contributed by atoms with Gasteiger partial charge in [-0.3, -0.25) is 4.90 Å². The second-order valence-electron chi connectivity index (χ2n) is 6.56. The summed E-state index contributed by atoms with van der Waals surface area (Å²) in [6.07, 6.45) is 7.20. The lowest BCUT2D eigenvalue weighted by molar-refractivity contribution is 0.303. The molecule has 0 unspecified atom stereocenters. The minimum absolute atomic E-state index is 1.15. The summed E-state index contributed by atoms with van der Waals surface area (Å²) in [6, 6.07) is 8.75. The molecule has 3 rings (SSSR count). The molecule has 0 fully saturated rings. The second kappa shape index (κ2) is 8.33. The van der Waals surface area contributed by atoms with Gasteiger partial charge < -0.3 is 0 Å². The van der Waals surface area contributed by atoms with Gasteiger partial charge in [0.05, 0.1) is 0 Å². The number of hydrogen-bond donors (Lipinski definition) is 0. The van der Waals surface area contributed by atoms with E-state index in [-0.39, 0.29) is 0 Å². The van der Waals surface area contributed by atoms with E-state index in [9.17, 15) is 0 Å². The first kappa shape index (κ1) is 17.0. The second-order valence-corrected chi connectivity index (χ2v) is 6.56. The summed E-state index contributed by atoms with van der Waals surface area (Å²) in [6.45, 7) is 12.6. The van der Waals surface area contributed by atoms with Crippen LogP contribution in [0.5, 0.6) is 0 Å². The van der Waals surface area contributed by atoms with E-state index in [0.717, 1.165) is 12.8 Å². The summed E-state index contributed by atoms with van der Waals surface area (Å²) in [4.78, 5) is 2.50. The number of allylic oxidation sites excluding steroid dienone is 2. The van der Waals surface area contributed by atoms with Crippen LogP contribution in [0.3, 0.4) is 0 Å². The number of nitrogens with zero attached hydrogens (tertiary/aromatic N) is 1. The summed E-state index contributed by atoms with van der Waals surface area (Å²) >= 11 is 0. The third kappa shape index (κ3) is 4.58. The van der Waals surface area contributed by atoms with Gasteiger partial charge in [0.15, 0.2) is 0 Å². The van der Waals surface area contributed by atoms with E-state index in [1.54, 1.807) is 16.7 Å². The smallest absolute Gasteiger partial charge is 0.0192 e. The van der Waals surface area contributed by atoms with Gasteiger partial charge >= 0.3 is 0 Å². The van der Waals surface area contributed by atoms with E-state index in [0.29, 0.717) is 0 Å². The average Bonchev–Trinajstić information content (AvgIpc) is 2.56. The fourth-order valence-corrected chi connectivity index (χ4v) is 3.18. The van der Waals surface area contributed by atoms with Crippen LogP contribution in [-0.4, -0.2) is 24.5 Å². The van der Waals surface area contributed by atoms with E-state index in [2.05, 4.69) is 62.9 Å². The Hall–Kier alpha value is -1.34. The van der Waals surface area contributed by atoms with Crippen molar-refractivity contribution in [3.8, 4) is 0 Å². The maximum atomic E-state index is 2.50. The molecule has 1 aromatic rings. The zero-order valence-electron chi connectivity index (χ0n) is 14.8. The number of hydrogen-bond acceptors (Lipinski definition) is 1. The first-order valence-electron chi connectivity index (χ1n) is 8.76. The molecule has 1 heterocycles. The monoisotopic (exact) mass is 297 g/mol. The summed E-state index contributed by atoms with van der Waals surface area (Å²) < 4.78 is 0. The van der Waals surface area contributed by atoms with Gasteiger partial charge in [0.1, 0.15) is 0 Å². The zero-order chi connectivity index (χ0) is 15.9. The zero-order valence-corrected chi connectivity index (χ0v) is 14.8. The molecule has 0 amide bonds. The highest BCUT2D eigenvalue weighted by atomic mass is 15.1. The molecule has 120 valence electrons. The minimum Gasteiger partial charge on any atom is -0.299 e. The van der Waals surface area contributed by atoms with Crippen molar-refractivity contribution in [1.29, 1.82) is 0 Å². The van der Waals surface area contributed by atoms with Gasteiger partial charge in [-0.15, -0.1) is 0 Å². The van der Waals surface area contributed by atoms with Crippen molar-refractivity contribution in [2.45, 2.75) is 53.4 Å². The van der Waals surface area contributed by atoms with Crippen LogP contribution in [-0.2, 0) is 12.8 Å². The van der Waals surface area contributed by atoms with Crippen LogP contribution >= 0.6 is 0 Å². The molecule has 1 nitrogen and oxygen atoms in total. The molecule has 1 aromatic carbocycles. The summed E-state index contributed by atoms with van der Waals surface area (Å²) in [5.74, 6) is 0. The molecule has 0 aromatic heterocycles. The Morgan fingerprint density at radius 1 is 0.955 bits per heavy atom. The van der Waals surface area contributed by atoms with Crippen molar-refractivity contribution in [3.05, 3.63) is 58.2 Å². The van der Waals surface area contributed by atoms with Crippen molar-refractivity contribution in [1.82, 2.24) is 4.90 Å². The lowest BCUT2D eigenvalue weighted by Gasteiger charge is -2.25. The third-order valence-corrected chi connectivity index (χ3v) is 4.96. The van der Waals surface area contributed by atoms with Gasteiger partial charge in [-0.1, -0.05) is 60.9 Å². The van der Waals surface area contributed by atoms with E-state index in [1.807, 2.05) is 0 Å². The Bertz CT molecular complexity index is 518. The molecular formula is C21H31N. The van der Waals surface area contributed by atoms with Crippen LogP contribution in [0, 0.1) is 0 Å². The molecule has 1 heteroatoms. The first-order valence-corrected chi connectivity index (χ1v) is 8.76. The quantitative estimate of drug-likeness (QED) is 0.681. The predicted molar refractivity (Wildman–Crippen MR) is 97.3 cm³/mol. The Labute approximate surface area is 136 Å². The van der Waals surface area contributed by atoms with Gasteiger partial charge in [0, 0.05) is 13.1 Å². The van der Waals surface area contributed by atoms with Gasteiger partial charge in [-0.05, 0) is 57.2 Å². The van der Waals surface area contributed by atoms with Crippen molar-refractivity contribution < 1.29 is 0 Å². The summed E-state index contributed by atoms with van der Waals surface area (Å²) in [5.41, 5.74) is 7.75. The molecule has 0 spiro atoms. The van der Waals surface area contributed by atoms with Crippen LogP contribution in [0.2, 0.25) is 0 Å². The van der Waals surface area contributed by atoms with Crippen LogP contribution in [0.1, 0.15) is 51.7 Å². The van der Waals surface area contributed by atoms with Crippen molar-refractivity contribution in [2.75, 3.05) is 19.6 Å². The van der Waals surface area contributed by atoms with E-state index >= 15 is 0 Å². The van der Waals surface area contributed by atoms with Crippen molar-refractivity contribution >= 4 is 0 Å². The van der Waals surface area contributed by atoms with Crippen LogP contribution < -0.4 is 0 Å². The Balaban J connectivity index is 0.000000164. The molecule has 0 N–H and O–H groups in total. The van der Waals surface area contributed by atoms with Crippen LogP contribution in [0.4, 0.5) is 0 Å². The number of fused-ring (bicyclic) bond motifs is 1. The highest BCUT2D eigenvalue weighted by molar-refractivity contribution is 5.39. The molecule has 1 aliphatic heterocycles. The van der Waals surface area contributed by atoms with Crippen molar-refractivity contribution in [2.24, 2.45) is 0 Å². The molecule has 0 saturated heterocycles. The topological polar surface area (TPSA) is 3.24 Å². The first-order chi connectivity index (χ1) is 10.6. The van der Waals surface area contributed by atoms with Gasteiger partial charge in [-0.2, -0.15) is 0 Å². The third-order valence-electron chi connectivity index (χ3n) is 4.96. The minimum atomic E-state index is 1.15. The summed E-state index contributed by atoms with van der Waals surface area (Å²) in [7, 11) is 0. The molecule has 0 saturated carbocycles. The van der Waals surface area contributed by atoms with Crippen LogP contribution in [0.25, 0.3) is 0 Å². The van der Waals surface area contributed by atoms with Gasteiger partial charge in [-0.25, -0.2) is 0 Å². The fraction of sp³-hybridized carbons (Fsp3) is 0.524. The Morgan fingerprint density at radius 3 is 2.05 bits per heavy atom. The van der Waals surface area contributed by atoms with E-state index < -0.39 is 0 Å². The highest BCUT2D eigenvalue weighted by Crippen LogP contribution is 2.24. The SMILES string of the molecule is CC1=C(C)Cc2ccccc2C1.CCC1=CCCN(CC)C1. The fourth-order valence-electron chi connectivity index (χ4n) is 3.18. The van der Waals surface area contributed by atoms with Crippen LogP contribution in [0.15, 0.2) is 47.1 Å². The Kier molecular flexibility index (Phi) is 6.45. The molecule has 0 radical (unpaired) electrons. The lowest BCUT2D eigenvalue weighted by Crippen LogP contribution is -2.29. The Morgan fingerprint density at radius 2 is 1.55 bits per heavy atom. The molecule has 0 atom stereocenters. The molecule has 1 aliphatic carbocycles. The number of rotatable bonds is 2. The van der Waals surface area contributed by atoms with E-state index in [1.165, 1.54) is 43.6 Å². The predicted octanol–water partition coefficient (Wildman–Crippen LogP) is 5.17.